The van der Waals surface area contributed by atoms with Crippen LogP contribution >= 0.6 is 0 Å². The third kappa shape index (κ3) is 2.65. The van der Waals surface area contributed by atoms with Gasteiger partial charge in [0, 0.05) is 32.2 Å². The van der Waals surface area contributed by atoms with Crippen LogP contribution in [0.2, 0.25) is 0 Å². The molecule has 19 heavy (non-hydrogen) atoms. The molecular weight excluding hydrogens is 234 g/mol. The molecule has 1 unspecified atom stereocenters. The topological polar surface area (TPSA) is 30.3 Å². The summed E-state index contributed by atoms with van der Waals surface area (Å²) < 4.78 is 0. The van der Waals surface area contributed by atoms with Gasteiger partial charge in [0.25, 0.3) is 0 Å². The molecule has 1 atom stereocenters. The van der Waals surface area contributed by atoms with E-state index < -0.39 is 0 Å². The van der Waals surface area contributed by atoms with Crippen molar-refractivity contribution >= 4 is 0 Å². The van der Waals surface area contributed by atoms with Gasteiger partial charge in [-0.2, -0.15) is 5.26 Å². The first kappa shape index (κ1) is 12.7. The van der Waals surface area contributed by atoms with E-state index in [9.17, 15) is 0 Å². The van der Waals surface area contributed by atoms with E-state index in [0.717, 1.165) is 18.4 Å². The summed E-state index contributed by atoms with van der Waals surface area (Å²) in [6.07, 6.45) is 3.53. The molecule has 0 aromatic heterocycles. The number of nitriles is 1. The number of likely N-dealkylation sites (N-methyl/N-ethyl adjacent to an activating group) is 1. The van der Waals surface area contributed by atoms with Crippen LogP contribution in [0.15, 0.2) is 18.2 Å². The van der Waals surface area contributed by atoms with Crippen molar-refractivity contribution in [2.75, 3.05) is 33.2 Å². The average Bonchev–Trinajstić information content (AvgIpc) is 2.47. The van der Waals surface area contributed by atoms with Gasteiger partial charge in [-0.1, -0.05) is 6.07 Å². The number of benzene rings is 1. The van der Waals surface area contributed by atoms with Gasteiger partial charge in [0.2, 0.25) is 0 Å². The molecule has 3 rings (SSSR count). The number of hydrogen-bond acceptors (Lipinski definition) is 3. The molecule has 1 aliphatic heterocycles. The Hall–Kier alpha value is -1.37. The second kappa shape index (κ2) is 5.32. The summed E-state index contributed by atoms with van der Waals surface area (Å²) in [5.74, 6) is 0. The van der Waals surface area contributed by atoms with Crippen LogP contribution in [0.25, 0.3) is 0 Å². The van der Waals surface area contributed by atoms with Crippen molar-refractivity contribution in [1.29, 1.82) is 5.26 Å². The fourth-order valence-electron chi connectivity index (χ4n) is 3.30. The first-order valence-electron chi connectivity index (χ1n) is 7.21. The van der Waals surface area contributed by atoms with Gasteiger partial charge < -0.3 is 4.90 Å². The van der Waals surface area contributed by atoms with Crippen molar-refractivity contribution in [3.05, 3.63) is 34.9 Å². The summed E-state index contributed by atoms with van der Waals surface area (Å²) in [7, 11) is 2.21. The fraction of sp³-hybridized carbons (Fsp3) is 0.562. The molecule has 2 aliphatic rings. The zero-order valence-corrected chi connectivity index (χ0v) is 11.6. The van der Waals surface area contributed by atoms with Crippen LogP contribution in [0.4, 0.5) is 0 Å². The fourth-order valence-corrected chi connectivity index (χ4v) is 3.30. The van der Waals surface area contributed by atoms with E-state index in [4.69, 9.17) is 5.26 Å². The molecule has 0 amide bonds. The number of piperazine rings is 1. The lowest BCUT2D eigenvalue weighted by molar-refractivity contribution is 0.104. The lowest BCUT2D eigenvalue weighted by atomic mass is 9.86. The van der Waals surface area contributed by atoms with Gasteiger partial charge in [-0.3, -0.25) is 4.90 Å². The van der Waals surface area contributed by atoms with Crippen molar-refractivity contribution in [3.8, 4) is 6.07 Å². The number of hydrogen-bond donors (Lipinski definition) is 0. The van der Waals surface area contributed by atoms with Crippen LogP contribution in [-0.4, -0.2) is 49.1 Å². The third-order valence-corrected chi connectivity index (χ3v) is 4.59. The Morgan fingerprint density at radius 1 is 1.16 bits per heavy atom. The summed E-state index contributed by atoms with van der Waals surface area (Å²) >= 11 is 0. The minimum Gasteiger partial charge on any atom is -0.304 e. The summed E-state index contributed by atoms with van der Waals surface area (Å²) in [6.45, 7) is 4.78. The molecule has 0 spiro atoms. The summed E-state index contributed by atoms with van der Waals surface area (Å²) in [5.41, 5.74) is 3.65. The van der Waals surface area contributed by atoms with E-state index in [1.165, 1.54) is 43.7 Å². The molecule has 0 bridgehead atoms. The Bertz CT molecular complexity index is 495. The van der Waals surface area contributed by atoms with E-state index in [-0.39, 0.29) is 0 Å². The van der Waals surface area contributed by atoms with Crippen molar-refractivity contribution in [3.63, 3.8) is 0 Å². The molecule has 100 valence electrons. The molecule has 1 saturated heterocycles. The minimum atomic E-state index is 0.703. The summed E-state index contributed by atoms with van der Waals surface area (Å²) in [4.78, 5) is 5.06. The van der Waals surface area contributed by atoms with Crippen LogP contribution in [0, 0.1) is 11.3 Å². The Kier molecular flexibility index (Phi) is 3.54. The van der Waals surface area contributed by atoms with Crippen LogP contribution in [0.5, 0.6) is 0 Å². The SMILES string of the molecule is CN1CCN(C2CCc3cc(C#N)ccc3C2)CC1. The number of aryl methyl sites for hydroxylation is 1. The predicted octanol–water partition coefficient (Wildman–Crippen LogP) is 1.66. The highest BCUT2D eigenvalue weighted by Crippen LogP contribution is 2.26. The van der Waals surface area contributed by atoms with E-state index >= 15 is 0 Å². The van der Waals surface area contributed by atoms with Crippen LogP contribution in [0.1, 0.15) is 23.1 Å². The molecule has 0 N–H and O–H groups in total. The van der Waals surface area contributed by atoms with Gasteiger partial charge in [0.15, 0.2) is 0 Å². The maximum Gasteiger partial charge on any atom is 0.0991 e. The van der Waals surface area contributed by atoms with Crippen LogP contribution < -0.4 is 0 Å². The Balaban J connectivity index is 1.70. The van der Waals surface area contributed by atoms with Gasteiger partial charge in [-0.15, -0.1) is 0 Å². The molecule has 1 aromatic carbocycles. The first-order chi connectivity index (χ1) is 9.26. The van der Waals surface area contributed by atoms with Gasteiger partial charge in [0.05, 0.1) is 11.6 Å². The van der Waals surface area contributed by atoms with Crippen LogP contribution in [0.3, 0.4) is 0 Å². The summed E-state index contributed by atoms with van der Waals surface area (Å²) in [6, 6.07) is 9.15. The number of rotatable bonds is 1. The van der Waals surface area contributed by atoms with Gasteiger partial charge in [-0.25, -0.2) is 0 Å². The normalized spacial score (nSPS) is 24.7. The molecule has 1 heterocycles. The van der Waals surface area contributed by atoms with Crippen molar-refractivity contribution < 1.29 is 0 Å². The lowest BCUT2D eigenvalue weighted by Gasteiger charge is -2.40. The molecule has 3 heteroatoms. The average molecular weight is 255 g/mol. The first-order valence-corrected chi connectivity index (χ1v) is 7.21. The Morgan fingerprint density at radius 3 is 2.68 bits per heavy atom. The Morgan fingerprint density at radius 2 is 1.95 bits per heavy atom. The minimum absolute atomic E-state index is 0.703. The molecule has 1 aromatic rings. The zero-order valence-electron chi connectivity index (χ0n) is 11.6. The Labute approximate surface area is 115 Å². The highest BCUT2D eigenvalue weighted by molar-refractivity contribution is 5.39. The molecular formula is C16H21N3. The van der Waals surface area contributed by atoms with E-state index in [0.29, 0.717) is 6.04 Å². The molecule has 3 nitrogen and oxygen atoms in total. The number of fused-ring (bicyclic) bond motifs is 1. The maximum atomic E-state index is 8.96. The molecule has 0 saturated carbocycles. The third-order valence-electron chi connectivity index (χ3n) is 4.59. The maximum absolute atomic E-state index is 8.96. The second-order valence-corrected chi connectivity index (χ2v) is 5.83. The van der Waals surface area contributed by atoms with Crippen molar-refractivity contribution in [2.24, 2.45) is 0 Å². The molecule has 1 fully saturated rings. The lowest BCUT2D eigenvalue weighted by Crippen LogP contribution is -2.50. The van der Waals surface area contributed by atoms with Crippen molar-refractivity contribution in [2.45, 2.75) is 25.3 Å². The number of nitrogens with zero attached hydrogens (tertiary/aromatic N) is 3. The standard InChI is InChI=1S/C16H21N3/c1-18-6-8-19(9-7-18)16-5-4-14-10-13(12-17)2-3-15(14)11-16/h2-3,10,16H,4-9,11H2,1H3. The second-order valence-electron chi connectivity index (χ2n) is 5.83. The van der Waals surface area contributed by atoms with E-state index in [1.807, 2.05) is 6.07 Å². The van der Waals surface area contributed by atoms with E-state index in [1.54, 1.807) is 0 Å². The zero-order chi connectivity index (χ0) is 13.2. The smallest absolute Gasteiger partial charge is 0.0991 e. The van der Waals surface area contributed by atoms with Crippen molar-refractivity contribution in [1.82, 2.24) is 9.80 Å². The molecule has 1 aliphatic carbocycles. The highest BCUT2D eigenvalue weighted by Gasteiger charge is 2.26. The highest BCUT2D eigenvalue weighted by atomic mass is 15.3. The summed E-state index contributed by atoms with van der Waals surface area (Å²) in [5, 5.41) is 8.96. The predicted molar refractivity (Wildman–Crippen MR) is 76.0 cm³/mol. The molecule has 0 radical (unpaired) electrons. The van der Waals surface area contributed by atoms with Gasteiger partial charge in [0.1, 0.15) is 0 Å². The monoisotopic (exact) mass is 255 g/mol. The quantitative estimate of drug-likeness (QED) is 0.764. The van der Waals surface area contributed by atoms with Gasteiger partial charge >= 0.3 is 0 Å². The van der Waals surface area contributed by atoms with Gasteiger partial charge in [-0.05, 0) is 49.6 Å². The van der Waals surface area contributed by atoms with E-state index in [2.05, 4.69) is 35.0 Å². The largest absolute Gasteiger partial charge is 0.304 e. The van der Waals surface area contributed by atoms with Crippen LogP contribution in [-0.2, 0) is 12.8 Å².